The minimum Gasteiger partial charge on any atom is -0.454 e. The van der Waals surface area contributed by atoms with E-state index in [1.165, 1.54) is 18.3 Å². The first-order valence-corrected chi connectivity index (χ1v) is 9.38. The Balaban J connectivity index is 1.56. The maximum Gasteiger partial charge on any atom is 0.275 e. The topological polar surface area (TPSA) is 89.6 Å². The Kier molecular flexibility index (Phi) is 4.70. The van der Waals surface area contributed by atoms with Crippen molar-refractivity contribution in [3.8, 4) is 22.1 Å². The van der Waals surface area contributed by atoms with Gasteiger partial charge >= 0.3 is 0 Å². The number of benzene rings is 2. The van der Waals surface area contributed by atoms with Crippen LogP contribution in [0.4, 0.5) is 11.4 Å². The molecule has 7 nitrogen and oxygen atoms in total. The number of anilines is 2. The van der Waals surface area contributed by atoms with Crippen LogP contribution in [-0.2, 0) is 4.79 Å². The molecule has 0 spiro atoms. The lowest BCUT2D eigenvalue weighted by molar-refractivity contribution is -0.114. The molecule has 0 radical (unpaired) electrons. The van der Waals surface area contributed by atoms with Gasteiger partial charge < -0.3 is 20.1 Å². The predicted octanol–water partition coefficient (Wildman–Crippen LogP) is 4.06. The Bertz CT molecular complexity index is 1080. The quantitative estimate of drug-likeness (QED) is 0.695. The van der Waals surface area contributed by atoms with Crippen molar-refractivity contribution in [3.63, 3.8) is 0 Å². The summed E-state index contributed by atoms with van der Waals surface area (Å²) in [4.78, 5) is 29.3. The van der Waals surface area contributed by atoms with E-state index in [4.69, 9.17) is 9.47 Å². The Morgan fingerprint density at radius 2 is 1.82 bits per heavy atom. The molecule has 28 heavy (non-hydrogen) atoms. The zero-order valence-corrected chi connectivity index (χ0v) is 16.1. The first-order chi connectivity index (χ1) is 13.5. The van der Waals surface area contributed by atoms with Crippen LogP contribution in [-0.4, -0.2) is 23.6 Å². The fraction of sp³-hybridized carbons (Fsp3) is 0.150. The second-order valence-corrected chi connectivity index (χ2v) is 7.41. The molecule has 0 aliphatic carbocycles. The third-order valence-corrected chi connectivity index (χ3v) is 5.09. The molecular weight excluding hydrogens is 378 g/mol. The van der Waals surface area contributed by atoms with E-state index in [0.29, 0.717) is 33.6 Å². The van der Waals surface area contributed by atoms with Gasteiger partial charge in [0.25, 0.3) is 5.91 Å². The van der Waals surface area contributed by atoms with Crippen LogP contribution in [0, 0.1) is 6.92 Å². The lowest BCUT2D eigenvalue weighted by atomic mass is 10.2. The zero-order chi connectivity index (χ0) is 19.7. The Hall–Kier alpha value is -3.39. The fourth-order valence-electron chi connectivity index (χ4n) is 2.83. The molecule has 1 aromatic heterocycles. The molecule has 0 unspecified atom stereocenters. The highest BCUT2D eigenvalue weighted by atomic mass is 32.1. The first kappa shape index (κ1) is 18.0. The summed E-state index contributed by atoms with van der Waals surface area (Å²) in [6, 6.07) is 12.6. The van der Waals surface area contributed by atoms with Gasteiger partial charge in [0, 0.05) is 34.8 Å². The Labute approximate surface area is 165 Å². The lowest BCUT2D eigenvalue weighted by Gasteiger charge is -2.05. The van der Waals surface area contributed by atoms with Gasteiger partial charge in [0.05, 0.1) is 0 Å². The highest BCUT2D eigenvalue weighted by Crippen LogP contribution is 2.35. The summed E-state index contributed by atoms with van der Waals surface area (Å²) in [6.45, 7) is 3.49. The maximum atomic E-state index is 12.7. The number of thiazole rings is 1. The Morgan fingerprint density at radius 1 is 1.04 bits per heavy atom. The van der Waals surface area contributed by atoms with E-state index in [0.717, 1.165) is 10.4 Å². The van der Waals surface area contributed by atoms with Crippen LogP contribution in [0.15, 0.2) is 42.5 Å². The number of rotatable bonds is 4. The van der Waals surface area contributed by atoms with Crippen molar-refractivity contribution < 1.29 is 19.1 Å². The summed E-state index contributed by atoms with van der Waals surface area (Å²) in [5.41, 5.74) is 2.49. The smallest absolute Gasteiger partial charge is 0.275 e. The van der Waals surface area contributed by atoms with E-state index in [9.17, 15) is 9.59 Å². The third kappa shape index (κ3) is 3.67. The number of nitrogens with one attached hydrogen (secondary N) is 2. The molecule has 0 saturated carbocycles. The molecule has 0 bridgehead atoms. The average Bonchev–Trinajstić information content (AvgIpc) is 3.27. The van der Waals surface area contributed by atoms with Crippen molar-refractivity contribution in [1.29, 1.82) is 0 Å². The van der Waals surface area contributed by atoms with Gasteiger partial charge in [-0.25, -0.2) is 4.98 Å². The summed E-state index contributed by atoms with van der Waals surface area (Å²) < 4.78 is 10.6. The fourth-order valence-corrected chi connectivity index (χ4v) is 3.74. The normalized spacial score (nSPS) is 11.9. The summed E-state index contributed by atoms with van der Waals surface area (Å²) in [7, 11) is 0. The van der Waals surface area contributed by atoms with Crippen molar-refractivity contribution in [2.24, 2.45) is 0 Å². The van der Waals surface area contributed by atoms with Gasteiger partial charge in [-0.05, 0) is 31.2 Å². The van der Waals surface area contributed by atoms with Crippen molar-refractivity contribution in [3.05, 3.63) is 53.0 Å². The SMILES string of the molecule is CC(=O)Nc1cccc(-c2nc(C(=O)Nc3ccc4c(c3)OCO4)c(C)s2)c1. The molecule has 1 aliphatic heterocycles. The number of carbonyl (C=O) groups excluding carboxylic acids is 2. The van der Waals surface area contributed by atoms with Crippen LogP contribution in [0.25, 0.3) is 10.6 Å². The van der Waals surface area contributed by atoms with Gasteiger partial charge in [-0.1, -0.05) is 12.1 Å². The van der Waals surface area contributed by atoms with Crippen LogP contribution in [0.5, 0.6) is 11.5 Å². The van der Waals surface area contributed by atoms with Crippen LogP contribution >= 0.6 is 11.3 Å². The number of carbonyl (C=O) groups is 2. The number of fused-ring (bicyclic) bond motifs is 1. The van der Waals surface area contributed by atoms with E-state index in [-0.39, 0.29) is 18.6 Å². The summed E-state index contributed by atoms with van der Waals surface area (Å²) in [6.07, 6.45) is 0. The summed E-state index contributed by atoms with van der Waals surface area (Å²) >= 11 is 1.42. The number of amides is 2. The number of aryl methyl sites for hydroxylation is 1. The second-order valence-electron chi connectivity index (χ2n) is 6.21. The highest BCUT2D eigenvalue weighted by molar-refractivity contribution is 7.15. The molecule has 1 aliphatic rings. The standard InChI is InChI=1S/C20H17N3O4S/c1-11-18(19(25)22-15-6-7-16-17(9-15)27-10-26-16)23-20(28-11)13-4-3-5-14(8-13)21-12(2)24/h3-9H,10H2,1-2H3,(H,21,24)(H,22,25). The highest BCUT2D eigenvalue weighted by Gasteiger charge is 2.19. The lowest BCUT2D eigenvalue weighted by Crippen LogP contribution is -2.13. The number of nitrogens with zero attached hydrogens (tertiary/aromatic N) is 1. The van der Waals surface area contributed by atoms with E-state index >= 15 is 0 Å². The molecule has 2 heterocycles. The number of aromatic nitrogens is 1. The van der Waals surface area contributed by atoms with E-state index in [2.05, 4.69) is 15.6 Å². The van der Waals surface area contributed by atoms with Crippen molar-refractivity contribution in [1.82, 2.24) is 4.98 Å². The molecule has 142 valence electrons. The second kappa shape index (κ2) is 7.32. The third-order valence-electron chi connectivity index (χ3n) is 4.07. The van der Waals surface area contributed by atoms with Crippen molar-refractivity contribution >= 4 is 34.5 Å². The van der Waals surface area contributed by atoms with Crippen LogP contribution in [0.2, 0.25) is 0 Å². The molecule has 2 amide bonds. The van der Waals surface area contributed by atoms with E-state index in [1.54, 1.807) is 24.3 Å². The molecule has 3 aromatic rings. The number of ether oxygens (including phenoxy) is 2. The van der Waals surface area contributed by atoms with Gasteiger partial charge in [-0.2, -0.15) is 0 Å². The maximum absolute atomic E-state index is 12.7. The zero-order valence-electron chi connectivity index (χ0n) is 15.2. The molecule has 2 N–H and O–H groups in total. The molecule has 8 heteroatoms. The monoisotopic (exact) mass is 395 g/mol. The average molecular weight is 395 g/mol. The molecule has 0 atom stereocenters. The molecular formula is C20H17N3O4S. The van der Waals surface area contributed by atoms with Gasteiger partial charge in [0.1, 0.15) is 10.7 Å². The number of hydrogen-bond acceptors (Lipinski definition) is 6. The van der Waals surface area contributed by atoms with Gasteiger partial charge in [-0.3, -0.25) is 9.59 Å². The minimum absolute atomic E-state index is 0.142. The molecule has 0 fully saturated rings. The molecule has 0 saturated heterocycles. The van der Waals surface area contributed by atoms with Crippen LogP contribution in [0.1, 0.15) is 22.3 Å². The van der Waals surface area contributed by atoms with Crippen molar-refractivity contribution in [2.45, 2.75) is 13.8 Å². The Morgan fingerprint density at radius 3 is 2.64 bits per heavy atom. The predicted molar refractivity (Wildman–Crippen MR) is 107 cm³/mol. The van der Waals surface area contributed by atoms with E-state index < -0.39 is 0 Å². The van der Waals surface area contributed by atoms with E-state index in [1.807, 2.05) is 25.1 Å². The largest absolute Gasteiger partial charge is 0.454 e. The molecule has 2 aromatic carbocycles. The van der Waals surface area contributed by atoms with Crippen molar-refractivity contribution in [2.75, 3.05) is 17.4 Å². The van der Waals surface area contributed by atoms with Gasteiger partial charge in [0.15, 0.2) is 11.5 Å². The summed E-state index contributed by atoms with van der Waals surface area (Å²) in [5, 5.41) is 6.30. The van der Waals surface area contributed by atoms with Crippen LogP contribution < -0.4 is 20.1 Å². The first-order valence-electron chi connectivity index (χ1n) is 8.56. The number of hydrogen-bond donors (Lipinski definition) is 2. The van der Waals surface area contributed by atoms with Crippen LogP contribution in [0.3, 0.4) is 0 Å². The van der Waals surface area contributed by atoms with Gasteiger partial charge in [0.2, 0.25) is 12.7 Å². The summed E-state index contributed by atoms with van der Waals surface area (Å²) in [5.74, 6) is 0.820. The minimum atomic E-state index is -0.295. The molecule has 4 rings (SSSR count). The van der Waals surface area contributed by atoms with Gasteiger partial charge in [-0.15, -0.1) is 11.3 Å².